The Morgan fingerprint density at radius 2 is 2.14 bits per heavy atom. The Labute approximate surface area is 131 Å². The van der Waals surface area contributed by atoms with E-state index in [2.05, 4.69) is 37.4 Å². The molecule has 0 unspecified atom stereocenters. The number of nitrogens with zero attached hydrogens (tertiary/aromatic N) is 1. The van der Waals surface area contributed by atoms with Crippen molar-refractivity contribution in [2.45, 2.75) is 45.3 Å². The van der Waals surface area contributed by atoms with E-state index in [-0.39, 0.29) is 18.1 Å². The fourth-order valence-electron chi connectivity index (χ4n) is 3.44. The van der Waals surface area contributed by atoms with Crippen LogP contribution < -0.4 is 5.32 Å². The molecule has 1 atom stereocenters. The number of aromatic nitrogens is 1. The topological polar surface area (TPSA) is 54.3 Å². The maximum Gasteiger partial charge on any atom is 0.268 e. The predicted octanol–water partition coefficient (Wildman–Crippen LogP) is 2.77. The zero-order valence-electron chi connectivity index (χ0n) is 13.5. The van der Waals surface area contributed by atoms with E-state index < -0.39 is 0 Å². The number of benzene rings is 1. The minimum Gasteiger partial charge on any atom is -0.393 e. The van der Waals surface area contributed by atoms with Crippen molar-refractivity contribution < 1.29 is 9.90 Å². The Morgan fingerprint density at radius 1 is 1.41 bits per heavy atom. The minimum atomic E-state index is -0.184. The van der Waals surface area contributed by atoms with Gasteiger partial charge in [-0.3, -0.25) is 4.79 Å². The van der Waals surface area contributed by atoms with Gasteiger partial charge in [0, 0.05) is 24.0 Å². The van der Waals surface area contributed by atoms with Crippen LogP contribution in [0.3, 0.4) is 0 Å². The molecule has 1 aromatic carbocycles. The quantitative estimate of drug-likeness (QED) is 0.912. The Morgan fingerprint density at radius 3 is 2.77 bits per heavy atom. The molecular weight excluding hydrogens is 276 g/mol. The van der Waals surface area contributed by atoms with Crippen LogP contribution in [0, 0.1) is 12.8 Å². The second kappa shape index (κ2) is 5.76. The number of rotatable bonds is 4. The number of hydrogen-bond donors (Lipinski definition) is 2. The van der Waals surface area contributed by atoms with Gasteiger partial charge >= 0.3 is 0 Å². The van der Waals surface area contributed by atoms with E-state index in [1.54, 1.807) is 0 Å². The first-order valence-electron chi connectivity index (χ1n) is 8.04. The largest absolute Gasteiger partial charge is 0.393 e. The molecule has 4 heteroatoms. The summed E-state index contributed by atoms with van der Waals surface area (Å²) in [6, 6.07) is 8.33. The molecule has 1 saturated carbocycles. The summed E-state index contributed by atoms with van der Waals surface area (Å²) >= 11 is 0. The minimum absolute atomic E-state index is 0.0235. The molecule has 0 bridgehead atoms. The van der Waals surface area contributed by atoms with Gasteiger partial charge < -0.3 is 15.0 Å². The van der Waals surface area contributed by atoms with Gasteiger partial charge in [0.05, 0.1) is 6.10 Å². The lowest BCUT2D eigenvalue weighted by atomic mass is 9.76. The van der Waals surface area contributed by atoms with Crippen molar-refractivity contribution in [3.05, 3.63) is 35.5 Å². The number of aliphatic hydroxyl groups is 1. The lowest BCUT2D eigenvalue weighted by Gasteiger charge is -2.37. The zero-order chi connectivity index (χ0) is 15.9. The number of amides is 1. The van der Waals surface area contributed by atoms with Crippen LogP contribution in [0.5, 0.6) is 0 Å². The number of aryl methyl sites for hydroxylation is 2. The Bertz CT molecular complexity index is 698. The zero-order valence-corrected chi connectivity index (χ0v) is 13.5. The Hall–Kier alpha value is -1.81. The van der Waals surface area contributed by atoms with E-state index in [1.165, 1.54) is 5.56 Å². The van der Waals surface area contributed by atoms with Crippen LogP contribution in [0.2, 0.25) is 0 Å². The molecule has 1 aliphatic rings. The smallest absolute Gasteiger partial charge is 0.268 e. The molecule has 4 nitrogen and oxygen atoms in total. The first kappa shape index (κ1) is 15.1. The van der Waals surface area contributed by atoms with E-state index in [9.17, 15) is 9.90 Å². The molecule has 2 aromatic rings. The fourth-order valence-corrected chi connectivity index (χ4v) is 3.44. The van der Waals surface area contributed by atoms with E-state index in [1.807, 2.05) is 17.7 Å². The molecule has 1 amide bonds. The van der Waals surface area contributed by atoms with Crippen LogP contribution >= 0.6 is 0 Å². The highest BCUT2D eigenvalue weighted by Crippen LogP contribution is 2.31. The van der Waals surface area contributed by atoms with Crippen LogP contribution in [0.1, 0.15) is 42.2 Å². The van der Waals surface area contributed by atoms with Gasteiger partial charge in [-0.1, -0.05) is 18.6 Å². The van der Waals surface area contributed by atoms with Gasteiger partial charge in [0.2, 0.25) is 0 Å². The summed E-state index contributed by atoms with van der Waals surface area (Å²) in [7, 11) is 1.93. The summed E-state index contributed by atoms with van der Waals surface area (Å²) in [5.74, 6) is 0.380. The van der Waals surface area contributed by atoms with Crippen LogP contribution in [0.15, 0.2) is 24.3 Å². The number of carbonyl (C=O) groups excluding carboxylic acids is 1. The summed E-state index contributed by atoms with van der Waals surface area (Å²) in [6.07, 6.45) is 2.31. The average molecular weight is 300 g/mol. The summed E-state index contributed by atoms with van der Waals surface area (Å²) in [5.41, 5.74) is 2.96. The Kier molecular flexibility index (Phi) is 3.96. The van der Waals surface area contributed by atoms with Crippen molar-refractivity contribution in [3.63, 3.8) is 0 Å². The van der Waals surface area contributed by atoms with E-state index in [0.29, 0.717) is 11.6 Å². The number of carbonyl (C=O) groups is 1. The van der Waals surface area contributed by atoms with Crippen molar-refractivity contribution in [1.29, 1.82) is 0 Å². The molecule has 1 fully saturated rings. The van der Waals surface area contributed by atoms with Crippen LogP contribution in [0.4, 0.5) is 0 Å². The van der Waals surface area contributed by atoms with Gasteiger partial charge in [0.1, 0.15) is 5.69 Å². The van der Waals surface area contributed by atoms with Crippen LogP contribution in [-0.2, 0) is 7.05 Å². The third-order valence-electron chi connectivity index (χ3n) is 4.91. The van der Waals surface area contributed by atoms with E-state index in [4.69, 9.17) is 0 Å². The van der Waals surface area contributed by atoms with Gasteiger partial charge in [-0.2, -0.15) is 0 Å². The normalized spacial score (nSPS) is 22.4. The first-order valence-corrected chi connectivity index (χ1v) is 8.04. The predicted molar refractivity (Wildman–Crippen MR) is 87.9 cm³/mol. The van der Waals surface area contributed by atoms with Crippen LogP contribution in [0.25, 0.3) is 10.9 Å². The second-order valence-electron chi connectivity index (χ2n) is 6.52. The van der Waals surface area contributed by atoms with Gasteiger partial charge in [0.15, 0.2) is 0 Å². The number of hydrogen-bond acceptors (Lipinski definition) is 2. The summed E-state index contributed by atoms with van der Waals surface area (Å²) < 4.78 is 1.95. The molecule has 1 heterocycles. The molecule has 1 aromatic heterocycles. The lowest BCUT2D eigenvalue weighted by molar-refractivity contribution is 0.0232. The average Bonchev–Trinajstić information content (AvgIpc) is 2.78. The molecule has 1 aliphatic carbocycles. The SMILES string of the molecule is CC[C@H](NC(=O)c1cc2cc(C)ccc2n1C)C1CC(O)C1. The van der Waals surface area contributed by atoms with Gasteiger partial charge in [-0.05, 0) is 50.3 Å². The van der Waals surface area contributed by atoms with Gasteiger partial charge in [-0.15, -0.1) is 0 Å². The highest BCUT2D eigenvalue weighted by molar-refractivity contribution is 5.99. The molecular formula is C18H24N2O2. The molecule has 118 valence electrons. The molecule has 3 rings (SSSR count). The Balaban J connectivity index is 1.81. The second-order valence-corrected chi connectivity index (χ2v) is 6.52. The third kappa shape index (κ3) is 2.63. The maximum atomic E-state index is 12.6. The summed E-state index contributed by atoms with van der Waals surface area (Å²) in [4.78, 5) is 12.6. The molecule has 2 N–H and O–H groups in total. The third-order valence-corrected chi connectivity index (χ3v) is 4.91. The van der Waals surface area contributed by atoms with Gasteiger partial charge in [-0.25, -0.2) is 0 Å². The molecule has 0 aliphatic heterocycles. The van der Waals surface area contributed by atoms with Crippen molar-refractivity contribution >= 4 is 16.8 Å². The number of fused-ring (bicyclic) bond motifs is 1. The molecule has 0 saturated heterocycles. The summed E-state index contributed by atoms with van der Waals surface area (Å²) in [6.45, 7) is 4.14. The lowest BCUT2D eigenvalue weighted by Crippen LogP contribution is -2.47. The highest BCUT2D eigenvalue weighted by Gasteiger charge is 2.34. The summed E-state index contributed by atoms with van der Waals surface area (Å²) in [5, 5.41) is 13.7. The van der Waals surface area contributed by atoms with Gasteiger partial charge in [0.25, 0.3) is 5.91 Å². The van der Waals surface area contributed by atoms with Crippen LogP contribution in [-0.4, -0.2) is 27.7 Å². The van der Waals surface area contributed by atoms with Crippen molar-refractivity contribution in [3.8, 4) is 0 Å². The maximum absolute atomic E-state index is 12.6. The van der Waals surface area contributed by atoms with Crippen molar-refractivity contribution in [2.24, 2.45) is 13.0 Å². The molecule has 0 radical (unpaired) electrons. The van der Waals surface area contributed by atoms with Crippen molar-refractivity contribution in [2.75, 3.05) is 0 Å². The standard InChI is InChI=1S/C18H24N2O2/c1-4-15(12-8-14(21)9-12)19-18(22)17-10-13-7-11(2)5-6-16(13)20(17)3/h5-7,10,12,14-15,21H,4,8-9H2,1-3H3,(H,19,22)/t12?,14?,15-/m0/s1. The van der Waals surface area contributed by atoms with E-state index >= 15 is 0 Å². The highest BCUT2D eigenvalue weighted by atomic mass is 16.3. The van der Waals surface area contributed by atoms with Crippen molar-refractivity contribution in [1.82, 2.24) is 9.88 Å². The fraction of sp³-hybridized carbons (Fsp3) is 0.500. The number of nitrogens with one attached hydrogen (secondary N) is 1. The number of aliphatic hydroxyl groups excluding tert-OH is 1. The molecule has 0 spiro atoms. The first-order chi connectivity index (χ1) is 10.5. The molecule has 22 heavy (non-hydrogen) atoms. The monoisotopic (exact) mass is 300 g/mol. The van der Waals surface area contributed by atoms with E-state index in [0.717, 1.165) is 30.2 Å².